The Kier molecular flexibility index (Phi) is 4.00. The Labute approximate surface area is 114 Å². The van der Waals surface area contributed by atoms with Gasteiger partial charge in [-0.05, 0) is 36.8 Å². The summed E-state index contributed by atoms with van der Waals surface area (Å²) >= 11 is 5.59. The van der Waals surface area contributed by atoms with Crippen molar-refractivity contribution >= 4 is 17.3 Å². The van der Waals surface area contributed by atoms with Gasteiger partial charge in [0.25, 0.3) is 0 Å². The van der Waals surface area contributed by atoms with Crippen LogP contribution >= 0.6 is 11.6 Å². The van der Waals surface area contributed by atoms with E-state index in [0.29, 0.717) is 5.56 Å². The molecule has 19 heavy (non-hydrogen) atoms. The van der Waals surface area contributed by atoms with Crippen LogP contribution in [-0.4, -0.2) is 0 Å². The number of hydrogen-bond donors (Lipinski definition) is 1. The Balaban J connectivity index is 2.20. The number of nitrogens with one attached hydrogen (secondary N) is 1. The highest BCUT2D eigenvalue weighted by Gasteiger charge is 2.11. The van der Waals surface area contributed by atoms with Gasteiger partial charge in [-0.3, -0.25) is 0 Å². The zero-order valence-electron chi connectivity index (χ0n) is 10.1. The van der Waals surface area contributed by atoms with E-state index in [-0.39, 0.29) is 16.8 Å². The number of benzene rings is 2. The minimum absolute atomic E-state index is 0.0314. The first kappa shape index (κ1) is 13.7. The zero-order valence-corrected chi connectivity index (χ0v) is 10.8. The summed E-state index contributed by atoms with van der Waals surface area (Å²) in [6, 6.07) is 7.26. The van der Waals surface area contributed by atoms with E-state index in [2.05, 4.69) is 5.32 Å². The van der Waals surface area contributed by atoms with E-state index in [1.165, 1.54) is 18.2 Å². The van der Waals surface area contributed by atoms with Crippen molar-refractivity contribution in [1.82, 2.24) is 0 Å². The van der Waals surface area contributed by atoms with Gasteiger partial charge in [-0.15, -0.1) is 0 Å². The van der Waals surface area contributed by atoms with Crippen LogP contribution in [0.2, 0.25) is 5.02 Å². The molecule has 1 nitrogen and oxygen atoms in total. The molecular weight excluding hydrogens is 275 g/mol. The van der Waals surface area contributed by atoms with Crippen molar-refractivity contribution in [3.8, 4) is 0 Å². The number of rotatable bonds is 3. The zero-order chi connectivity index (χ0) is 14.0. The molecule has 0 saturated heterocycles. The standard InChI is InChI=1S/C14H11ClF3N/c1-8(9-2-4-11(15)12(17)6-9)19-14-5-3-10(16)7-13(14)18/h2-8,19H,1H3. The van der Waals surface area contributed by atoms with E-state index in [1.807, 2.05) is 0 Å². The fraction of sp³-hybridized carbons (Fsp3) is 0.143. The van der Waals surface area contributed by atoms with E-state index < -0.39 is 17.5 Å². The van der Waals surface area contributed by atoms with Crippen molar-refractivity contribution in [3.05, 3.63) is 64.4 Å². The SMILES string of the molecule is CC(Nc1ccc(F)cc1F)c1ccc(Cl)c(F)c1. The van der Waals surface area contributed by atoms with Crippen LogP contribution < -0.4 is 5.32 Å². The summed E-state index contributed by atoms with van der Waals surface area (Å²) < 4.78 is 39.6. The Morgan fingerprint density at radius 2 is 1.74 bits per heavy atom. The predicted molar refractivity (Wildman–Crippen MR) is 69.8 cm³/mol. The third-order valence-electron chi connectivity index (χ3n) is 2.75. The normalized spacial score (nSPS) is 12.3. The summed E-state index contributed by atoms with van der Waals surface area (Å²) in [7, 11) is 0. The summed E-state index contributed by atoms with van der Waals surface area (Å²) in [5.74, 6) is -1.87. The molecule has 0 heterocycles. The van der Waals surface area contributed by atoms with Gasteiger partial charge in [0.05, 0.1) is 10.7 Å². The highest BCUT2D eigenvalue weighted by Crippen LogP contribution is 2.24. The first-order valence-electron chi connectivity index (χ1n) is 5.64. The molecule has 2 aromatic rings. The Morgan fingerprint density at radius 1 is 1.00 bits per heavy atom. The monoisotopic (exact) mass is 285 g/mol. The van der Waals surface area contributed by atoms with Crippen LogP contribution in [0.5, 0.6) is 0 Å². The van der Waals surface area contributed by atoms with E-state index in [1.54, 1.807) is 13.0 Å². The fourth-order valence-corrected chi connectivity index (χ4v) is 1.82. The number of hydrogen-bond acceptors (Lipinski definition) is 1. The van der Waals surface area contributed by atoms with Gasteiger partial charge in [0, 0.05) is 12.1 Å². The van der Waals surface area contributed by atoms with Crippen molar-refractivity contribution in [1.29, 1.82) is 0 Å². The molecule has 0 aliphatic carbocycles. The maximum absolute atomic E-state index is 13.5. The topological polar surface area (TPSA) is 12.0 Å². The summed E-state index contributed by atoms with van der Waals surface area (Å²) in [5, 5.41) is 2.88. The Hall–Kier alpha value is -1.68. The largest absolute Gasteiger partial charge is 0.376 e. The van der Waals surface area contributed by atoms with Crippen LogP contribution in [0.3, 0.4) is 0 Å². The average Bonchev–Trinajstić information content (AvgIpc) is 2.36. The summed E-state index contributed by atoms with van der Waals surface area (Å²) in [6.07, 6.45) is 0. The van der Waals surface area contributed by atoms with Gasteiger partial charge in [-0.2, -0.15) is 0 Å². The van der Waals surface area contributed by atoms with E-state index >= 15 is 0 Å². The summed E-state index contributed by atoms with van der Waals surface area (Å²) in [6.45, 7) is 1.74. The first-order valence-corrected chi connectivity index (χ1v) is 6.01. The molecule has 0 aliphatic rings. The highest BCUT2D eigenvalue weighted by atomic mass is 35.5. The van der Waals surface area contributed by atoms with Crippen LogP contribution in [-0.2, 0) is 0 Å². The maximum Gasteiger partial charge on any atom is 0.149 e. The van der Waals surface area contributed by atoms with Gasteiger partial charge < -0.3 is 5.32 Å². The van der Waals surface area contributed by atoms with Crippen LogP contribution in [0.25, 0.3) is 0 Å². The third kappa shape index (κ3) is 3.20. The number of halogens is 4. The van der Waals surface area contributed by atoms with Gasteiger partial charge >= 0.3 is 0 Å². The quantitative estimate of drug-likeness (QED) is 0.843. The lowest BCUT2D eigenvalue weighted by Gasteiger charge is -2.16. The molecule has 0 radical (unpaired) electrons. The minimum Gasteiger partial charge on any atom is -0.376 e. The highest BCUT2D eigenvalue weighted by molar-refractivity contribution is 6.30. The molecule has 2 aromatic carbocycles. The Morgan fingerprint density at radius 3 is 2.37 bits per heavy atom. The number of anilines is 1. The predicted octanol–water partition coefficient (Wildman–Crippen LogP) is 4.93. The van der Waals surface area contributed by atoms with Gasteiger partial charge in [0.1, 0.15) is 17.5 Å². The summed E-state index contributed by atoms with van der Waals surface area (Å²) in [5.41, 5.74) is 0.773. The molecule has 100 valence electrons. The molecule has 1 N–H and O–H groups in total. The van der Waals surface area contributed by atoms with Gasteiger partial charge in [-0.25, -0.2) is 13.2 Å². The lowest BCUT2D eigenvalue weighted by atomic mass is 10.1. The Bertz CT molecular complexity index is 601. The molecule has 0 aliphatic heterocycles. The third-order valence-corrected chi connectivity index (χ3v) is 3.05. The molecule has 0 fully saturated rings. The molecule has 0 bridgehead atoms. The van der Waals surface area contributed by atoms with E-state index in [9.17, 15) is 13.2 Å². The van der Waals surface area contributed by atoms with Crippen molar-refractivity contribution < 1.29 is 13.2 Å². The second kappa shape index (κ2) is 5.53. The van der Waals surface area contributed by atoms with Crippen LogP contribution in [0.1, 0.15) is 18.5 Å². The van der Waals surface area contributed by atoms with Crippen LogP contribution in [0, 0.1) is 17.5 Å². The fourth-order valence-electron chi connectivity index (χ4n) is 1.70. The minimum atomic E-state index is -0.693. The van der Waals surface area contributed by atoms with Crippen molar-refractivity contribution in [3.63, 3.8) is 0 Å². The van der Waals surface area contributed by atoms with Gasteiger partial charge in [0.15, 0.2) is 0 Å². The van der Waals surface area contributed by atoms with Crippen molar-refractivity contribution in [2.24, 2.45) is 0 Å². The molecule has 2 rings (SSSR count). The smallest absolute Gasteiger partial charge is 0.149 e. The molecule has 5 heteroatoms. The average molecular weight is 286 g/mol. The lowest BCUT2D eigenvalue weighted by Crippen LogP contribution is -2.08. The summed E-state index contributed by atoms with van der Waals surface area (Å²) in [4.78, 5) is 0. The lowest BCUT2D eigenvalue weighted by molar-refractivity contribution is 0.583. The molecule has 0 spiro atoms. The maximum atomic E-state index is 13.5. The second-order valence-electron chi connectivity index (χ2n) is 4.16. The molecule has 1 atom stereocenters. The van der Waals surface area contributed by atoms with Crippen LogP contribution in [0.15, 0.2) is 36.4 Å². The van der Waals surface area contributed by atoms with Crippen LogP contribution in [0.4, 0.5) is 18.9 Å². The van der Waals surface area contributed by atoms with Gasteiger partial charge in [-0.1, -0.05) is 17.7 Å². The molecule has 0 saturated carbocycles. The van der Waals surface area contributed by atoms with Crippen molar-refractivity contribution in [2.75, 3.05) is 5.32 Å². The first-order chi connectivity index (χ1) is 8.97. The molecule has 0 aromatic heterocycles. The van der Waals surface area contributed by atoms with E-state index in [4.69, 9.17) is 11.6 Å². The van der Waals surface area contributed by atoms with Crippen molar-refractivity contribution in [2.45, 2.75) is 13.0 Å². The molecule has 1 unspecified atom stereocenters. The molecule has 0 amide bonds. The molecular formula is C14H11ClF3N. The van der Waals surface area contributed by atoms with Gasteiger partial charge in [0.2, 0.25) is 0 Å². The van der Waals surface area contributed by atoms with E-state index in [0.717, 1.165) is 12.1 Å². The second-order valence-corrected chi connectivity index (χ2v) is 4.57.